The average Bonchev–Trinajstić information content (AvgIpc) is 3.38. The Labute approximate surface area is 171 Å². The number of halogens is 1. The number of hydrogen-bond acceptors (Lipinski definition) is 5. The standard InChI is InChI=1S/C21H28N4O2.ClH/c1-3-4-17-19-16(11-18(12-5-6-12)23-20(19)27-24-17)21(26)25(2)15-9-13-7-8-14(10-15)22-13;/h11-15,22H,3-10H2,1-2H3;1H. The number of nitrogens with one attached hydrogen (secondary N) is 1. The molecule has 6 nitrogen and oxygen atoms in total. The van der Waals surface area contributed by atoms with Gasteiger partial charge in [-0.25, -0.2) is 4.98 Å². The van der Waals surface area contributed by atoms with E-state index < -0.39 is 0 Å². The number of fused-ring (bicyclic) bond motifs is 3. The molecule has 1 amide bonds. The summed E-state index contributed by atoms with van der Waals surface area (Å²) in [6, 6.07) is 3.45. The fraction of sp³-hybridized carbons (Fsp3) is 0.667. The summed E-state index contributed by atoms with van der Waals surface area (Å²) in [6.07, 6.45) is 8.64. The highest BCUT2D eigenvalue weighted by Crippen LogP contribution is 2.41. The van der Waals surface area contributed by atoms with Crippen LogP contribution in [0.15, 0.2) is 10.6 Å². The third kappa shape index (κ3) is 3.41. The van der Waals surface area contributed by atoms with Gasteiger partial charge in [-0.1, -0.05) is 18.5 Å². The lowest BCUT2D eigenvalue weighted by Gasteiger charge is -2.35. The van der Waals surface area contributed by atoms with Gasteiger partial charge in [0, 0.05) is 36.8 Å². The molecule has 2 unspecified atom stereocenters. The minimum atomic E-state index is 0. The van der Waals surface area contributed by atoms with Crippen LogP contribution < -0.4 is 5.32 Å². The van der Waals surface area contributed by atoms with Gasteiger partial charge in [-0.05, 0) is 51.0 Å². The van der Waals surface area contributed by atoms with E-state index >= 15 is 0 Å². The van der Waals surface area contributed by atoms with Gasteiger partial charge in [0.2, 0.25) is 0 Å². The second-order valence-corrected chi connectivity index (χ2v) is 8.61. The van der Waals surface area contributed by atoms with E-state index in [0.29, 0.717) is 29.8 Å². The van der Waals surface area contributed by atoms with Crippen LogP contribution in [0, 0.1) is 0 Å². The number of piperidine rings is 1. The first-order valence-corrected chi connectivity index (χ1v) is 10.5. The Hall–Kier alpha value is -1.66. The summed E-state index contributed by atoms with van der Waals surface area (Å²) >= 11 is 0. The van der Waals surface area contributed by atoms with E-state index in [0.717, 1.165) is 60.9 Å². The van der Waals surface area contributed by atoms with Gasteiger partial charge in [-0.3, -0.25) is 4.79 Å². The van der Waals surface area contributed by atoms with Crippen molar-refractivity contribution in [3.05, 3.63) is 23.0 Å². The van der Waals surface area contributed by atoms with Crippen LogP contribution in [0.25, 0.3) is 11.1 Å². The molecule has 0 radical (unpaired) electrons. The van der Waals surface area contributed by atoms with Crippen molar-refractivity contribution in [1.29, 1.82) is 0 Å². The summed E-state index contributed by atoms with van der Waals surface area (Å²) in [7, 11) is 1.97. The maximum absolute atomic E-state index is 13.5. The van der Waals surface area contributed by atoms with Crippen molar-refractivity contribution in [2.75, 3.05) is 7.05 Å². The number of aryl methyl sites for hydroxylation is 1. The lowest BCUT2D eigenvalue weighted by atomic mass is 9.97. The van der Waals surface area contributed by atoms with Crippen molar-refractivity contribution < 1.29 is 9.32 Å². The largest absolute Gasteiger partial charge is 0.339 e. The molecule has 5 rings (SSSR count). The van der Waals surface area contributed by atoms with Crippen molar-refractivity contribution in [1.82, 2.24) is 20.4 Å². The first kappa shape index (κ1) is 19.6. The zero-order valence-corrected chi connectivity index (χ0v) is 17.4. The highest BCUT2D eigenvalue weighted by Gasteiger charge is 2.37. The molecule has 2 aromatic heterocycles. The van der Waals surface area contributed by atoms with Gasteiger partial charge >= 0.3 is 0 Å². The molecule has 2 atom stereocenters. The molecule has 4 heterocycles. The van der Waals surface area contributed by atoms with Crippen molar-refractivity contribution in [2.24, 2.45) is 0 Å². The SMILES string of the molecule is CCCc1noc2nc(C3CC3)cc(C(=O)N(C)C3CC4CCC(C3)N4)c12.Cl. The fourth-order valence-electron chi connectivity index (χ4n) is 4.89. The lowest BCUT2D eigenvalue weighted by molar-refractivity contribution is 0.0683. The second kappa shape index (κ2) is 7.64. The molecule has 1 N–H and O–H groups in total. The molecule has 0 spiro atoms. The van der Waals surface area contributed by atoms with Crippen molar-refractivity contribution in [3.8, 4) is 0 Å². The van der Waals surface area contributed by atoms with Gasteiger partial charge in [0.25, 0.3) is 11.6 Å². The molecule has 0 aromatic carbocycles. The van der Waals surface area contributed by atoms with Crippen molar-refractivity contribution >= 4 is 29.4 Å². The Bertz CT molecular complexity index is 867. The minimum absolute atomic E-state index is 0. The molecular formula is C21H29ClN4O2. The van der Waals surface area contributed by atoms with Crippen LogP contribution in [0.1, 0.15) is 79.5 Å². The maximum atomic E-state index is 13.5. The lowest BCUT2D eigenvalue weighted by Crippen LogP contribution is -2.48. The van der Waals surface area contributed by atoms with Crippen LogP contribution in [0.3, 0.4) is 0 Å². The average molecular weight is 405 g/mol. The Morgan fingerprint density at radius 2 is 1.96 bits per heavy atom. The highest BCUT2D eigenvalue weighted by atomic mass is 35.5. The number of amides is 1. The third-order valence-corrected chi connectivity index (χ3v) is 6.57. The van der Waals surface area contributed by atoms with E-state index in [4.69, 9.17) is 4.52 Å². The van der Waals surface area contributed by atoms with Gasteiger partial charge in [-0.15, -0.1) is 12.4 Å². The Morgan fingerprint density at radius 3 is 2.61 bits per heavy atom. The molecule has 3 fully saturated rings. The summed E-state index contributed by atoms with van der Waals surface area (Å²) in [4.78, 5) is 20.2. The molecule has 2 saturated heterocycles. The van der Waals surface area contributed by atoms with Crippen LogP contribution in [0.5, 0.6) is 0 Å². The third-order valence-electron chi connectivity index (χ3n) is 6.57. The Kier molecular flexibility index (Phi) is 5.36. The molecule has 28 heavy (non-hydrogen) atoms. The van der Waals surface area contributed by atoms with E-state index in [1.165, 1.54) is 12.8 Å². The van der Waals surface area contributed by atoms with Crippen LogP contribution in [0.2, 0.25) is 0 Å². The number of rotatable bonds is 5. The molecule has 3 aliphatic rings. The smallest absolute Gasteiger partial charge is 0.259 e. The molecule has 2 aliphatic heterocycles. The van der Waals surface area contributed by atoms with Gasteiger partial charge in [0.1, 0.15) is 0 Å². The van der Waals surface area contributed by atoms with Gasteiger partial charge in [0.15, 0.2) is 0 Å². The summed E-state index contributed by atoms with van der Waals surface area (Å²) in [5, 5.41) is 8.73. The van der Waals surface area contributed by atoms with Crippen LogP contribution >= 0.6 is 12.4 Å². The van der Waals surface area contributed by atoms with E-state index in [2.05, 4.69) is 22.4 Å². The molecule has 1 aliphatic carbocycles. The van der Waals surface area contributed by atoms with E-state index in [1.54, 1.807) is 0 Å². The monoisotopic (exact) mass is 404 g/mol. The van der Waals surface area contributed by atoms with Crippen LogP contribution in [0.4, 0.5) is 0 Å². The van der Waals surface area contributed by atoms with Gasteiger partial charge in [0.05, 0.1) is 16.6 Å². The van der Waals surface area contributed by atoms with Crippen molar-refractivity contribution in [3.63, 3.8) is 0 Å². The number of carbonyl (C=O) groups is 1. The molecule has 2 bridgehead atoms. The molecular weight excluding hydrogens is 376 g/mol. The van der Waals surface area contributed by atoms with E-state index in [9.17, 15) is 4.79 Å². The summed E-state index contributed by atoms with van der Waals surface area (Å²) in [6.45, 7) is 2.12. The predicted molar refractivity (Wildman–Crippen MR) is 110 cm³/mol. The summed E-state index contributed by atoms with van der Waals surface area (Å²) in [5.41, 5.74) is 3.12. The molecule has 152 valence electrons. The topological polar surface area (TPSA) is 71.3 Å². The minimum Gasteiger partial charge on any atom is -0.339 e. The van der Waals surface area contributed by atoms with Crippen LogP contribution in [-0.4, -0.2) is 46.1 Å². The Balaban J connectivity index is 0.00000192. The van der Waals surface area contributed by atoms with Gasteiger partial charge in [-0.2, -0.15) is 0 Å². The quantitative estimate of drug-likeness (QED) is 0.819. The number of pyridine rings is 1. The summed E-state index contributed by atoms with van der Waals surface area (Å²) < 4.78 is 5.54. The van der Waals surface area contributed by atoms with Crippen molar-refractivity contribution in [2.45, 2.75) is 82.3 Å². The normalized spacial score (nSPS) is 26.3. The number of hydrogen-bond donors (Lipinski definition) is 1. The first-order chi connectivity index (χ1) is 13.1. The number of aromatic nitrogens is 2. The number of carbonyl (C=O) groups excluding carboxylic acids is 1. The van der Waals surface area contributed by atoms with E-state index in [1.807, 2.05) is 18.0 Å². The number of nitrogens with zero attached hydrogens (tertiary/aromatic N) is 3. The zero-order chi connectivity index (χ0) is 18.5. The predicted octanol–water partition coefficient (Wildman–Crippen LogP) is 3.83. The molecule has 1 saturated carbocycles. The summed E-state index contributed by atoms with van der Waals surface area (Å²) in [5.74, 6) is 0.567. The first-order valence-electron chi connectivity index (χ1n) is 10.5. The zero-order valence-electron chi connectivity index (χ0n) is 16.6. The van der Waals surface area contributed by atoms with Gasteiger partial charge < -0.3 is 14.7 Å². The fourth-order valence-corrected chi connectivity index (χ4v) is 4.89. The highest BCUT2D eigenvalue weighted by molar-refractivity contribution is 6.06. The van der Waals surface area contributed by atoms with E-state index in [-0.39, 0.29) is 18.3 Å². The molecule has 2 aromatic rings. The van der Waals surface area contributed by atoms with Crippen LogP contribution in [-0.2, 0) is 6.42 Å². The second-order valence-electron chi connectivity index (χ2n) is 8.61. The Morgan fingerprint density at radius 1 is 1.25 bits per heavy atom. The maximum Gasteiger partial charge on any atom is 0.259 e. The molecule has 7 heteroatoms.